The van der Waals surface area contributed by atoms with Gasteiger partial charge in [-0.15, -0.1) is 0 Å². The lowest BCUT2D eigenvalue weighted by Gasteiger charge is -2.10. The summed E-state index contributed by atoms with van der Waals surface area (Å²) in [6.07, 6.45) is -5.10. The van der Waals surface area contributed by atoms with Crippen molar-refractivity contribution in [2.45, 2.75) is 6.18 Å². The van der Waals surface area contributed by atoms with Gasteiger partial charge in [0.2, 0.25) is 0 Å². The topological polar surface area (TPSA) is 26.3 Å². The fraction of sp³-hybridized carbons (Fsp3) is 0.222. The number of carbonyl (C=O) groups excluding carboxylic acids is 1. The van der Waals surface area contributed by atoms with Crippen molar-refractivity contribution >= 4 is 28.4 Å². The van der Waals surface area contributed by atoms with Crippen LogP contribution >= 0.6 is 22.6 Å². The molecule has 88 valence electrons. The molecule has 0 amide bonds. The van der Waals surface area contributed by atoms with E-state index < -0.39 is 29.1 Å². The normalized spacial score (nSPS) is 11.4. The standard InChI is InChI=1S/C9H5F4IO2/c1-16-5-3-2-4(14)6(7(5)10)8(15)9(11,12)13/h2-3H,1H3. The van der Waals surface area contributed by atoms with E-state index in [1.807, 2.05) is 0 Å². The molecule has 1 rings (SSSR count). The van der Waals surface area contributed by atoms with Gasteiger partial charge in [0, 0.05) is 3.57 Å². The summed E-state index contributed by atoms with van der Waals surface area (Å²) in [6.45, 7) is 0. The first kappa shape index (κ1) is 13.2. The summed E-state index contributed by atoms with van der Waals surface area (Å²) in [4.78, 5) is 11.0. The minimum Gasteiger partial charge on any atom is -0.494 e. The van der Waals surface area contributed by atoms with Crippen molar-refractivity contribution in [1.29, 1.82) is 0 Å². The van der Waals surface area contributed by atoms with Crippen molar-refractivity contribution in [2.24, 2.45) is 0 Å². The average molecular weight is 348 g/mol. The maximum Gasteiger partial charge on any atom is 0.455 e. The smallest absolute Gasteiger partial charge is 0.455 e. The van der Waals surface area contributed by atoms with Gasteiger partial charge >= 0.3 is 6.18 Å². The highest BCUT2D eigenvalue weighted by molar-refractivity contribution is 14.1. The van der Waals surface area contributed by atoms with E-state index in [4.69, 9.17) is 0 Å². The minimum absolute atomic E-state index is 0.113. The molecular weight excluding hydrogens is 343 g/mol. The summed E-state index contributed by atoms with van der Waals surface area (Å²) in [5.74, 6) is -3.90. The molecule has 7 heteroatoms. The van der Waals surface area contributed by atoms with Gasteiger partial charge in [0.1, 0.15) is 0 Å². The van der Waals surface area contributed by atoms with E-state index in [0.717, 1.165) is 13.2 Å². The van der Waals surface area contributed by atoms with Crippen LogP contribution in [0.2, 0.25) is 0 Å². The molecule has 0 N–H and O–H groups in total. The lowest BCUT2D eigenvalue weighted by atomic mass is 10.1. The van der Waals surface area contributed by atoms with E-state index in [1.54, 1.807) is 0 Å². The largest absolute Gasteiger partial charge is 0.494 e. The number of alkyl halides is 3. The van der Waals surface area contributed by atoms with Crippen LogP contribution in [0, 0.1) is 9.39 Å². The number of ketones is 1. The lowest BCUT2D eigenvalue weighted by Crippen LogP contribution is -2.25. The van der Waals surface area contributed by atoms with Crippen LogP contribution < -0.4 is 4.74 Å². The van der Waals surface area contributed by atoms with Gasteiger partial charge in [0.25, 0.3) is 5.78 Å². The maximum absolute atomic E-state index is 13.5. The Kier molecular flexibility index (Phi) is 3.76. The highest BCUT2D eigenvalue weighted by Gasteiger charge is 2.42. The van der Waals surface area contributed by atoms with Crippen LogP contribution in [-0.2, 0) is 0 Å². The fourth-order valence-corrected chi connectivity index (χ4v) is 1.70. The number of benzene rings is 1. The molecule has 1 aromatic carbocycles. The zero-order chi connectivity index (χ0) is 12.5. The Hall–Kier alpha value is -0.860. The number of Topliss-reactive ketones (excluding diaryl/α,β-unsaturated/α-hetero) is 1. The summed E-state index contributed by atoms with van der Waals surface area (Å²) in [5, 5.41) is 0. The molecule has 0 bridgehead atoms. The molecule has 0 heterocycles. The summed E-state index contributed by atoms with van der Waals surface area (Å²) in [6, 6.07) is 2.34. The van der Waals surface area contributed by atoms with E-state index in [9.17, 15) is 22.4 Å². The average Bonchev–Trinajstić information content (AvgIpc) is 2.16. The Balaban J connectivity index is 3.38. The van der Waals surface area contributed by atoms with Gasteiger partial charge in [-0.2, -0.15) is 13.2 Å². The van der Waals surface area contributed by atoms with Gasteiger partial charge in [-0.05, 0) is 34.7 Å². The molecule has 0 spiro atoms. The van der Waals surface area contributed by atoms with Crippen LogP contribution in [0.4, 0.5) is 17.6 Å². The second-order valence-corrected chi connectivity index (χ2v) is 3.93. The van der Waals surface area contributed by atoms with E-state index in [0.29, 0.717) is 0 Å². The molecule has 0 aliphatic carbocycles. The van der Waals surface area contributed by atoms with Gasteiger partial charge in [-0.1, -0.05) is 0 Å². The van der Waals surface area contributed by atoms with Gasteiger partial charge in [-0.3, -0.25) is 4.79 Å². The second kappa shape index (κ2) is 4.56. The Labute approximate surface area is 102 Å². The van der Waals surface area contributed by atoms with Crippen molar-refractivity contribution in [3.8, 4) is 5.75 Å². The molecule has 0 atom stereocenters. The van der Waals surface area contributed by atoms with Crippen LogP contribution in [0.3, 0.4) is 0 Å². The molecule has 1 aromatic rings. The Morgan fingerprint density at radius 3 is 2.38 bits per heavy atom. The van der Waals surface area contributed by atoms with Gasteiger partial charge in [0.15, 0.2) is 11.6 Å². The number of rotatable bonds is 2. The SMILES string of the molecule is COc1ccc(I)c(C(=O)C(F)(F)F)c1F. The number of ether oxygens (including phenoxy) is 1. The number of halogens is 5. The Morgan fingerprint density at radius 1 is 1.38 bits per heavy atom. The van der Waals surface area contributed by atoms with Crippen LogP contribution in [0.5, 0.6) is 5.75 Å². The van der Waals surface area contributed by atoms with Crippen molar-refractivity contribution in [1.82, 2.24) is 0 Å². The quantitative estimate of drug-likeness (QED) is 0.466. The molecule has 0 fully saturated rings. The summed E-state index contributed by atoms with van der Waals surface area (Å²) >= 11 is 1.46. The molecule has 0 aliphatic rings. The minimum atomic E-state index is -5.10. The zero-order valence-corrected chi connectivity index (χ0v) is 10.0. The Morgan fingerprint density at radius 2 is 1.94 bits per heavy atom. The number of methoxy groups -OCH3 is 1. The summed E-state index contributed by atoms with van der Waals surface area (Å²) in [5.41, 5.74) is -1.01. The first-order valence-corrected chi connectivity index (χ1v) is 5.00. The van der Waals surface area contributed by atoms with E-state index in [1.165, 1.54) is 28.7 Å². The molecule has 2 nitrogen and oxygen atoms in total. The molecule has 0 aromatic heterocycles. The first-order valence-electron chi connectivity index (χ1n) is 3.92. The third kappa shape index (κ3) is 2.45. The van der Waals surface area contributed by atoms with Crippen molar-refractivity contribution < 1.29 is 27.1 Å². The first-order chi connectivity index (χ1) is 7.29. The highest BCUT2D eigenvalue weighted by atomic mass is 127. The predicted octanol–water partition coefficient (Wildman–Crippen LogP) is 3.18. The summed E-state index contributed by atoms with van der Waals surface area (Å²) < 4.78 is 54.4. The van der Waals surface area contributed by atoms with E-state index in [2.05, 4.69) is 4.74 Å². The van der Waals surface area contributed by atoms with Crippen LogP contribution in [0.25, 0.3) is 0 Å². The molecule has 0 aliphatic heterocycles. The van der Waals surface area contributed by atoms with E-state index >= 15 is 0 Å². The molecule has 16 heavy (non-hydrogen) atoms. The zero-order valence-electron chi connectivity index (χ0n) is 7.86. The van der Waals surface area contributed by atoms with Crippen LogP contribution in [0.1, 0.15) is 10.4 Å². The number of hydrogen-bond acceptors (Lipinski definition) is 2. The molecular formula is C9H5F4IO2. The number of carbonyl (C=O) groups is 1. The molecule has 0 unspecified atom stereocenters. The van der Waals surface area contributed by atoms with Gasteiger partial charge < -0.3 is 4.74 Å². The predicted molar refractivity (Wildman–Crippen MR) is 56.1 cm³/mol. The molecule has 0 saturated carbocycles. The van der Waals surface area contributed by atoms with Gasteiger partial charge in [0.05, 0.1) is 12.7 Å². The highest BCUT2D eigenvalue weighted by Crippen LogP contribution is 2.30. The van der Waals surface area contributed by atoms with Crippen molar-refractivity contribution in [3.63, 3.8) is 0 Å². The monoisotopic (exact) mass is 348 g/mol. The van der Waals surface area contributed by atoms with Gasteiger partial charge in [-0.25, -0.2) is 4.39 Å². The second-order valence-electron chi connectivity index (χ2n) is 2.77. The Bertz CT molecular complexity index is 428. The fourth-order valence-electron chi connectivity index (χ4n) is 1.04. The third-order valence-electron chi connectivity index (χ3n) is 1.76. The van der Waals surface area contributed by atoms with Crippen molar-refractivity contribution in [2.75, 3.05) is 7.11 Å². The maximum atomic E-state index is 13.5. The van der Waals surface area contributed by atoms with E-state index in [-0.39, 0.29) is 3.57 Å². The number of hydrogen-bond donors (Lipinski definition) is 0. The third-order valence-corrected chi connectivity index (χ3v) is 2.66. The van der Waals surface area contributed by atoms with Crippen LogP contribution in [0.15, 0.2) is 12.1 Å². The lowest BCUT2D eigenvalue weighted by molar-refractivity contribution is -0.0888. The van der Waals surface area contributed by atoms with Crippen molar-refractivity contribution in [3.05, 3.63) is 27.1 Å². The molecule has 0 radical (unpaired) electrons. The molecule has 0 saturated heterocycles. The summed E-state index contributed by atoms with van der Waals surface area (Å²) in [7, 11) is 1.10. The van der Waals surface area contributed by atoms with Crippen LogP contribution in [-0.4, -0.2) is 19.1 Å².